The van der Waals surface area contributed by atoms with Gasteiger partial charge in [0.2, 0.25) is 0 Å². The van der Waals surface area contributed by atoms with E-state index in [2.05, 4.69) is 9.97 Å². The fourth-order valence-electron chi connectivity index (χ4n) is 1.15. The molecule has 0 bridgehead atoms. The standard InChI is InChI=1S/C10H4Cl2F2N2/c11-8-7(14)9(12)16-10(15-8)5-2-1-3-6(13)4-5/h1-4H. The summed E-state index contributed by atoms with van der Waals surface area (Å²) in [5, 5.41) is -0.779. The van der Waals surface area contributed by atoms with Gasteiger partial charge in [0.05, 0.1) is 0 Å². The number of aromatic nitrogens is 2. The Bertz CT molecular complexity index is 523. The summed E-state index contributed by atoms with van der Waals surface area (Å²) >= 11 is 11.0. The van der Waals surface area contributed by atoms with E-state index in [9.17, 15) is 8.78 Å². The normalized spacial score (nSPS) is 10.5. The fraction of sp³-hybridized carbons (Fsp3) is 0. The average molecular weight is 261 g/mol. The van der Waals surface area contributed by atoms with Crippen molar-refractivity contribution in [3.05, 3.63) is 46.2 Å². The number of hydrogen-bond donors (Lipinski definition) is 0. The Balaban J connectivity index is 2.57. The summed E-state index contributed by atoms with van der Waals surface area (Å²) in [5.74, 6) is -1.25. The maximum atomic E-state index is 13.0. The SMILES string of the molecule is Fc1cccc(-c2nc(Cl)c(F)c(Cl)n2)c1. The van der Waals surface area contributed by atoms with Crippen molar-refractivity contribution < 1.29 is 8.78 Å². The molecular weight excluding hydrogens is 257 g/mol. The van der Waals surface area contributed by atoms with E-state index in [0.29, 0.717) is 5.56 Å². The second kappa shape index (κ2) is 4.31. The van der Waals surface area contributed by atoms with Crippen LogP contribution in [0.3, 0.4) is 0 Å². The zero-order valence-electron chi connectivity index (χ0n) is 7.72. The molecule has 82 valence electrons. The van der Waals surface area contributed by atoms with Gasteiger partial charge in [-0.3, -0.25) is 0 Å². The predicted molar refractivity (Wildman–Crippen MR) is 57.4 cm³/mol. The Morgan fingerprint density at radius 1 is 1.00 bits per heavy atom. The highest BCUT2D eigenvalue weighted by Gasteiger charge is 2.12. The second-order valence-corrected chi connectivity index (χ2v) is 3.67. The van der Waals surface area contributed by atoms with E-state index < -0.39 is 11.6 Å². The molecule has 6 heteroatoms. The molecule has 16 heavy (non-hydrogen) atoms. The zero-order valence-corrected chi connectivity index (χ0v) is 9.23. The summed E-state index contributed by atoms with van der Waals surface area (Å²) in [4.78, 5) is 7.35. The van der Waals surface area contributed by atoms with Crippen LogP contribution in [-0.4, -0.2) is 9.97 Å². The molecule has 0 aliphatic carbocycles. The predicted octanol–water partition coefficient (Wildman–Crippen LogP) is 3.73. The fourth-order valence-corrected chi connectivity index (χ4v) is 1.54. The van der Waals surface area contributed by atoms with E-state index in [1.807, 2.05) is 0 Å². The largest absolute Gasteiger partial charge is 0.213 e. The molecule has 0 radical (unpaired) electrons. The van der Waals surface area contributed by atoms with Gasteiger partial charge in [0.25, 0.3) is 0 Å². The minimum absolute atomic E-state index is 0.0795. The lowest BCUT2D eigenvalue weighted by Gasteiger charge is -2.02. The van der Waals surface area contributed by atoms with Crippen LogP contribution in [0.25, 0.3) is 11.4 Å². The molecule has 0 spiro atoms. The molecule has 1 aromatic heterocycles. The van der Waals surface area contributed by atoms with E-state index in [1.165, 1.54) is 18.2 Å². The molecule has 0 amide bonds. The maximum absolute atomic E-state index is 13.0. The monoisotopic (exact) mass is 260 g/mol. The average Bonchev–Trinajstić information content (AvgIpc) is 2.25. The third kappa shape index (κ3) is 2.13. The molecule has 0 saturated carbocycles. The molecule has 0 aliphatic heterocycles. The molecule has 2 nitrogen and oxygen atoms in total. The zero-order chi connectivity index (χ0) is 11.7. The first-order chi connectivity index (χ1) is 7.58. The number of nitrogens with zero attached hydrogens (tertiary/aromatic N) is 2. The Labute approximate surface area is 99.9 Å². The van der Waals surface area contributed by atoms with E-state index in [1.54, 1.807) is 6.07 Å². The number of hydrogen-bond acceptors (Lipinski definition) is 2. The minimum Gasteiger partial charge on any atom is -0.213 e. The summed E-state index contributed by atoms with van der Waals surface area (Å²) in [6.45, 7) is 0. The van der Waals surface area contributed by atoms with Crippen LogP contribution in [-0.2, 0) is 0 Å². The maximum Gasteiger partial charge on any atom is 0.197 e. The topological polar surface area (TPSA) is 25.8 Å². The van der Waals surface area contributed by atoms with Crippen LogP contribution in [0, 0.1) is 11.6 Å². The Morgan fingerprint density at radius 2 is 1.62 bits per heavy atom. The van der Waals surface area contributed by atoms with Gasteiger partial charge in [0.15, 0.2) is 21.9 Å². The lowest BCUT2D eigenvalue weighted by Crippen LogP contribution is -1.94. The van der Waals surface area contributed by atoms with Crippen LogP contribution in [0.4, 0.5) is 8.78 Å². The Kier molecular flexibility index (Phi) is 3.03. The smallest absolute Gasteiger partial charge is 0.197 e. The van der Waals surface area contributed by atoms with E-state index in [4.69, 9.17) is 23.2 Å². The summed E-state index contributed by atoms with van der Waals surface area (Å²) in [6.07, 6.45) is 0. The van der Waals surface area contributed by atoms with Gasteiger partial charge in [-0.1, -0.05) is 35.3 Å². The van der Waals surface area contributed by atoms with Crippen LogP contribution >= 0.6 is 23.2 Å². The van der Waals surface area contributed by atoms with Gasteiger partial charge in [-0.15, -0.1) is 0 Å². The quantitative estimate of drug-likeness (QED) is 0.731. The molecule has 2 aromatic rings. The number of benzene rings is 1. The summed E-state index contributed by atoms with van der Waals surface area (Å²) in [5.41, 5.74) is 0.379. The van der Waals surface area contributed by atoms with Gasteiger partial charge in [-0.05, 0) is 12.1 Å². The van der Waals surface area contributed by atoms with Crippen molar-refractivity contribution in [1.82, 2.24) is 9.97 Å². The molecule has 0 saturated heterocycles. The van der Waals surface area contributed by atoms with Gasteiger partial charge < -0.3 is 0 Å². The van der Waals surface area contributed by atoms with E-state index in [-0.39, 0.29) is 16.1 Å². The van der Waals surface area contributed by atoms with E-state index >= 15 is 0 Å². The first kappa shape index (κ1) is 11.2. The highest BCUT2D eigenvalue weighted by Crippen LogP contribution is 2.24. The summed E-state index contributed by atoms with van der Waals surface area (Å²) in [6, 6.07) is 5.54. The second-order valence-electron chi connectivity index (χ2n) is 2.95. The van der Waals surface area contributed by atoms with Crippen molar-refractivity contribution in [3.63, 3.8) is 0 Å². The molecule has 0 fully saturated rings. The highest BCUT2D eigenvalue weighted by molar-refractivity contribution is 6.33. The minimum atomic E-state index is -0.886. The number of rotatable bonds is 1. The van der Waals surface area contributed by atoms with Crippen LogP contribution in [0.1, 0.15) is 0 Å². The number of halogens is 4. The van der Waals surface area contributed by atoms with Gasteiger partial charge in [0, 0.05) is 5.56 Å². The van der Waals surface area contributed by atoms with Gasteiger partial charge >= 0.3 is 0 Å². The molecule has 0 unspecified atom stereocenters. The van der Waals surface area contributed by atoms with Gasteiger partial charge in [0.1, 0.15) is 5.82 Å². The lowest BCUT2D eigenvalue weighted by atomic mass is 10.2. The van der Waals surface area contributed by atoms with Crippen LogP contribution in [0.15, 0.2) is 24.3 Å². The van der Waals surface area contributed by atoms with E-state index in [0.717, 1.165) is 0 Å². The Morgan fingerprint density at radius 3 is 2.19 bits per heavy atom. The molecule has 1 heterocycles. The van der Waals surface area contributed by atoms with Crippen LogP contribution in [0.2, 0.25) is 10.3 Å². The van der Waals surface area contributed by atoms with Gasteiger partial charge in [-0.2, -0.15) is 0 Å². The summed E-state index contributed by atoms with van der Waals surface area (Å²) in [7, 11) is 0. The van der Waals surface area contributed by atoms with Gasteiger partial charge in [-0.25, -0.2) is 18.7 Å². The van der Waals surface area contributed by atoms with Crippen molar-refractivity contribution in [2.75, 3.05) is 0 Å². The van der Waals surface area contributed by atoms with Crippen LogP contribution < -0.4 is 0 Å². The molecule has 0 N–H and O–H groups in total. The third-order valence-corrected chi connectivity index (χ3v) is 2.35. The molecule has 0 atom stereocenters. The van der Waals surface area contributed by atoms with Crippen LogP contribution in [0.5, 0.6) is 0 Å². The molecular formula is C10H4Cl2F2N2. The van der Waals surface area contributed by atoms with Crippen molar-refractivity contribution >= 4 is 23.2 Å². The summed E-state index contributed by atoms with van der Waals surface area (Å²) < 4.78 is 26.0. The molecule has 1 aromatic carbocycles. The first-order valence-corrected chi connectivity index (χ1v) is 4.98. The lowest BCUT2D eigenvalue weighted by molar-refractivity contribution is 0.615. The van der Waals surface area contributed by atoms with Crippen molar-refractivity contribution in [2.24, 2.45) is 0 Å². The van der Waals surface area contributed by atoms with Crippen molar-refractivity contribution in [2.45, 2.75) is 0 Å². The third-order valence-electron chi connectivity index (χ3n) is 1.85. The van der Waals surface area contributed by atoms with Crippen molar-refractivity contribution in [3.8, 4) is 11.4 Å². The molecule has 2 rings (SSSR count). The molecule has 0 aliphatic rings. The highest BCUT2D eigenvalue weighted by atomic mass is 35.5. The van der Waals surface area contributed by atoms with Crippen molar-refractivity contribution in [1.29, 1.82) is 0 Å². The Hall–Kier alpha value is -1.26. The first-order valence-electron chi connectivity index (χ1n) is 4.22.